The number of aryl methyl sites for hydroxylation is 3. The van der Waals surface area contributed by atoms with Crippen LogP contribution >= 0.6 is 0 Å². The molecule has 27 heavy (non-hydrogen) atoms. The van der Waals surface area contributed by atoms with Gasteiger partial charge in [-0.3, -0.25) is 4.79 Å². The molecular weight excluding hydrogens is 346 g/mol. The van der Waals surface area contributed by atoms with Crippen molar-refractivity contribution in [2.75, 3.05) is 26.1 Å². The number of carbonyl (C=O) groups is 1. The number of methoxy groups -OCH3 is 2. The molecule has 0 spiro atoms. The Morgan fingerprint density at radius 2 is 1.63 bits per heavy atom. The van der Waals surface area contributed by atoms with E-state index in [1.54, 1.807) is 12.1 Å². The van der Waals surface area contributed by atoms with Crippen molar-refractivity contribution in [2.24, 2.45) is 5.10 Å². The van der Waals surface area contributed by atoms with Gasteiger partial charge in [0.1, 0.15) is 0 Å². The van der Waals surface area contributed by atoms with E-state index in [0.717, 1.165) is 16.8 Å². The Morgan fingerprint density at radius 3 is 2.15 bits per heavy atom. The topological polar surface area (TPSA) is 92.2 Å². The highest BCUT2D eigenvalue weighted by atomic mass is 16.5. The maximum atomic E-state index is 12.0. The van der Waals surface area contributed by atoms with Gasteiger partial charge in [-0.05, 0) is 44.0 Å². The van der Waals surface area contributed by atoms with Gasteiger partial charge in [0.2, 0.25) is 5.75 Å². The zero-order valence-electron chi connectivity index (χ0n) is 16.2. The van der Waals surface area contributed by atoms with Gasteiger partial charge < -0.3 is 19.9 Å². The number of carbonyl (C=O) groups excluding carboxylic acids is 1. The quantitative estimate of drug-likeness (QED) is 0.514. The summed E-state index contributed by atoms with van der Waals surface area (Å²) in [4.78, 5) is 12.0. The van der Waals surface area contributed by atoms with Gasteiger partial charge in [0, 0.05) is 11.3 Å². The monoisotopic (exact) mass is 371 g/mol. The number of hydrogen-bond donors (Lipinski definition) is 3. The number of nitrogens with zero attached hydrogens (tertiary/aromatic N) is 1. The van der Waals surface area contributed by atoms with Crippen LogP contribution < -0.4 is 20.2 Å². The number of benzene rings is 2. The molecule has 2 rings (SSSR count). The number of phenols is 1. The third-order valence-electron chi connectivity index (χ3n) is 4.01. The summed E-state index contributed by atoms with van der Waals surface area (Å²) in [5, 5.41) is 17.0. The van der Waals surface area contributed by atoms with Crippen molar-refractivity contribution in [3.05, 3.63) is 46.5 Å². The Bertz CT molecular complexity index is 814. The van der Waals surface area contributed by atoms with E-state index < -0.39 is 0 Å². The normalized spacial score (nSPS) is 10.7. The molecule has 7 heteroatoms. The van der Waals surface area contributed by atoms with Gasteiger partial charge >= 0.3 is 0 Å². The van der Waals surface area contributed by atoms with E-state index in [1.165, 1.54) is 26.0 Å². The van der Waals surface area contributed by atoms with E-state index in [2.05, 4.69) is 28.0 Å². The van der Waals surface area contributed by atoms with Crippen LogP contribution in [0.5, 0.6) is 17.2 Å². The second kappa shape index (κ2) is 8.93. The zero-order chi connectivity index (χ0) is 20.0. The van der Waals surface area contributed by atoms with Crippen LogP contribution in [-0.4, -0.2) is 38.0 Å². The fraction of sp³-hybridized carbons (Fsp3) is 0.300. The largest absolute Gasteiger partial charge is 0.502 e. The summed E-state index contributed by atoms with van der Waals surface area (Å²) >= 11 is 0. The maximum Gasteiger partial charge on any atom is 0.259 e. The molecule has 0 saturated carbocycles. The fourth-order valence-corrected chi connectivity index (χ4v) is 2.83. The summed E-state index contributed by atoms with van der Waals surface area (Å²) in [6.07, 6.45) is 1.45. The Hall–Kier alpha value is -3.22. The summed E-state index contributed by atoms with van der Waals surface area (Å²) in [6.45, 7) is 6.15. The predicted octanol–water partition coefficient (Wildman–Crippen LogP) is 2.90. The summed E-state index contributed by atoms with van der Waals surface area (Å²) in [5.74, 6) is 0.154. The Kier molecular flexibility index (Phi) is 6.65. The Morgan fingerprint density at radius 1 is 1.07 bits per heavy atom. The van der Waals surface area contributed by atoms with Crippen LogP contribution in [0.2, 0.25) is 0 Å². The number of anilines is 1. The number of phenolic OH excluding ortho intramolecular Hbond substituents is 1. The average molecular weight is 371 g/mol. The van der Waals surface area contributed by atoms with E-state index >= 15 is 0 Å². The van der Waals surface area contributed by atoms with Gasteiger partial charge in [-0.25, -0.2) is 5.43 Å². The third-order valence-corrected chi connectivity index (χ3v) is 4.01. The summed E-state index contributed by atoms with van der Waals surface area (Å²) in [6, 6.07) is 7.31. The molecule has 0 fully saturated rings. The lowest BCUT2D eigenvalue weighted by atomic mass is 10.1. The number of hydrazone groups is 1. The van der Waals surface area contributed by atoms with Crippen LogP contribution in [0.15, 0.2) is 29.4 Å². The van der Waals surface area contributed by atoms with Gasteiger partial charge in [-0.15, -0.1) is 0 Å². The van der Waals surface area contributed by atoms with Gasteiger partial charge in [0.25, 0.3) is 5.91 Å². The van der Waals surface area contributed by atoms with Crippen LogP contribution in [0.1, 0.15) is 22.3 Å². The standard InChI is InChI=1S/C20H25N3O4/c1-12-6-13(2)19(14(3)7-12)21-11-18(24)23-22-10-15-8-16(26-4)20(25)17(9-15)27-5/h6-10,21,25H,11H2,1-5H3,(H,23,24)/b22-10+. The van der Waals surface area contributed by atoms with E-state index in [4.69, 9.17) is 9.47 Å². The van der Waals surface area contributed by atoms with Crippen molar-refractivity contribution in [3.8, 4) is 17.2 Å². The number of aromatic hydroxyl groups is 1. The molecule has 0 radical (unpaired) electrons. The molecule has 144 valence electrons. The van der Waals surface area contributed by atoms with E-state index in [1.807, 2.05) is 20.8 Å². The van der Waals surface area contributed by atoms with E-state index in [-0.39, 0.29) is 29.7 Å². The molecule has 2 aromatic rings. The van der Waals surface area contributed by atoms with E-state index in [0.29, 0.717) is 5.56 Å². The minimum absolute atomic E-state index is 0.0887. The summed E-state index contributed by atoms with van der Waals surface area (Å²) in [7, 11) is 2.88. The highest BCUT2D eigenvalue weighted by Gasteiger charge is 2.10. The maximum absolute atomic E-state index is 12.0. The molecule has 0 atom stereocenters. The molecule has 0 saturated heterocycles. The second-order valence-electron chi connectivity index (χ2n) is 6.19. The lowest BCUT2D eigenvalue weighted by Crippen LogP contribution is -2.26. The molecule has 0 bridgehead atoms. The van der Waals surface area contributed by atoms with Crippen molar-refractivity contribution in [1.82, 2.24) is 5.43 Å². The minimum Gasteiger partial charge on any atom is -0.502 e. The lowest BCUT2D eigenvalue weighted by molar-refractivity contribution is -0.119. The Labute approximate surface area is 159 Å². The number of rotatable bonds is 7. The summed E-state index contributed by atoms with van der Waals surface area (Å²) in [5.41, 5.74) is 7.39. The highest BCUT2D eigenvalue weighted by Crippen LogP contribution is 2.36. The molecule has 0 aliphatic rings. The summed E-state index contributed by atoms with van der Waals surface area (Å²) < 4.78 is 10.2. The van der Waals surface area contributed by atoms with Crippen molar-refractivity contribution in [2.45, 2.75) is 20.8 Å². The van der Waals surface area contributed by atoms with Gasteiger partial charge in [-0.2, -0.15) is 5.10 Å². The van der Waals surface area contributed by atoms with Gasteiger partial charge in [0.15, 0.2) is 11.5 Å². The smallest absolute Gasteiger partial charge is 0.259 e. The fourth-order valence-electron chi connectivity index (χ4n) is 2.83. The third kappa shape index (κ3) is 5.13. The van der Waals surface area contributed by atoms with Crippen molar-refractivity contribution < 1.29 is 19.4 Å². The second-order valence-corrected chi connectivity index (χ2v) is 6.19. The first-order chi connectivity index (χ1) is 12.8. The van der Waals surface area contributed by atoms with Crippen molar-refractivity contribution >= 4 is 17.8 Å². The van der Waals surface area contributed by atoms with Crippen molar-refractivity contribution in [3.63, 3.8) is 0 Å². The zero-order valence-corrected chi connectivity index (χ0v) is 16.2. The molecule has 0 unspecified atom stereocenters. The molecule has 0 aromatic heterocycles. The number of amides is 1. The first-order valence-electron chi connectivity index (χ1n) is 8.44. The van der Waals surface area contributed by atoms with Gasteiger partial charge in [0.05, 0.1) is 27.0 Å². The molecule has 0 aliphatic carbocycles. The molecule has 2 aromatic carbocycles. The van der Waals surface area contributed by atoms with Crippen LogP contribution in [0.3, 0.4) is 0 Å². The number of ether oxygens (including phenoxy) is 2. The molecule has 3 N–H and O–H groups in total. The molecule has 7 nitrogen and oxygen atoms in total. The van der Waals surface area contributed by atoms with Crippen LogP contribution in [0.25, 0.3) is 0 Å². The Balaban J connectivity index is 1.98. The van der Waals surface area contributed by atoms with Crippen molar-refractivity contribution in [1.29, 1.82) is 0 Å². The first-order valence-corrected chi connectivity index (χ1v) is 8.44. The molecule has 0 heterocycles. The lowest BCUT2D eigenvalue weighted by Gasteiger charge is -2.13. The molecular formula is C20H25N3O4. The minimum atomic E-state index is -0.275. The van der Waals surface area contributed by atoms with Crippen LogP contribution in [0, 0.1) is 20.8 Å². The van der Waals surface area contributed by atoms with Crippen LogP contribution in [-0.2, 0) is 4.79 Å². The SMILES string of the molecule is COc1cc(/C=N/NC(=O)CNc2c(C)cc(C)cc2C)cc(OC)c1O. The van der Waals surface area contributed by atoms with Gasteiger partial charge in [-0.1, -0.05) is 17.7 Å². The highest BCUT2D eigenvalue weighted by molar-refractivity contribution is 5.85. The first kappa shape index (κ1) is 20.1. The number of nitrogens with one attached hydrogen (secondary N) is 2. The average Bonchev–Trinajstić information content (AvgIpc) is 2.61. The number of hydrogen-bond acceptors (Lipinski definition) is 6. The predicted molar refractivity (Wildman–Crippen MR) is 106 cm³/mol. The van der Waals surface area contributed by atoms with E-state index in [9.17, 15) is 9.90 Å². The molecule has 0 aliphatic heterocycles. The molecule has 1 amide bonds. The van der Waals surface area contributed by atoms with Crippen LogP contribution in [0.4, 0.5) is 5.69 Å².